The standard InChI is InChI=1S/C11H26N4OSi/c1-5-16-17-12(2)6-9-15(10-7-13(17)3)11-8-14(17)4/h5-11H2,1-4H3. The predicted molar refractivity (Wildman–Crippen MR) is 71.7 cm³/mol. The molecule has 100 valence electrons. The van der Waals surface area contributed by atoms with E-state index in [0.29, 0.717) is 0 Å². The average Bonchev–Trinajstić information content (AvgIpc) is 2.30. The van der Waals surface area contributed by atoms with Gasteiger partial charge in [-0.25, -0.2) is 0 Å². The zero-order valence-corrected chi connectivity index (χ0v) is 12.6. The van der Waals surface area contributed by atoms with E-state index < -0.39 is 8.80 Å². The Hall–Kier alpha value is 0.0169. The minimum absolute atomic E-state index is 0.801. The molecular formula is C11H26N4OSi. The quantitative estimate of drug-likeness (QED) is 0.626. The second-order valence-electron chi connectivity index (χ2n) is 5.11. The molecule has 17 heavy (non-hydrogen) atoms. The van der Waals surface area contributed by atoms with Crippen molar-refractivity contribution in [3.05, 3.63) is 0 Å². The molecule has 3 aliphatic rings. The monoisotopic (exact) mass is 258 g/mol. The Kier molecular flexibility index (Phi) is 4.22. The maximum Gasteiger partial charge on any atom is 0.447 e. The van der Waals surface area contributed by atoms with E-state index in [1.54, 1.807) is 0 Å². The smallest absolute Gasteiger partial charge is 0.380 e. The maximum atomic E-state index is 6.31. The highest BCUT2D eigenvalue weighted by Crippen LogP contribution is 2.22. The van der Waals surface area contributed by atoms with Gasteiger partial charge < -0.3 is 4.43 Å². The van der Waals surface area contributed by atoms with Crippen LogP contribution in [0.15, 0.2) is 0 Å². The molecule has 0 N–H and O–H groups in total. The number of nitrogens with zero attached hydrogens (tertiary/aromatic N) is 4. The Balaban J connectivity index is 2.33. The molecule has 0 unspecified atom stereocenters. The van der Waals surface area contributed by atoms with E-state index in [9.17, 15) is 0 Å². The van der Waals surface area contributed by atoms with Crippen LogP contribution in [0.3, 0.4) is 0 Å². The average molecular weight is 258 g/mol. The molecule has 3 fully saturated rings. The molecule has 3 aliphatic heterocycles. The van der Waals surface area contributed by atoms with Crippen molar-refractivity contribution in [2.24, 2.45) is 0 Å². The van der Waals surface area contributed by atoms with Gasteiger partial charge >= 0.3 is 8.80 Å². The molecular weight excluding hydrogens is 232 g/mol. The third-order valence-electron chi connectivity index (χ3n) is 4.08. The van der Waals surface area contributed by atoms with E-state index in [4.69, 9.17) is 4.43 Å². The molecule has 0 saturated carbocycles. The van der Waals surface area contributed by atoms with Crippen molar-refractivity contribution < 1.29 is 4.43 Å². The first-order chi connectivity index (χ1) is 8.11. The van der Waals surface area contributed by atoms with Crippen LogP contribution < -0.4 is 0 Å². The molecule has 2 bridgehead atoms. The first kappa shape index (κ1) is 13.4. The van der Waals surface area contributed by atoms with E-state index in [1.165, 1.54) is 19.6 Å². The van der Waals surface area contributed by atoms with Crippen LogP contribution >= 0.6 is 0 Å². The zero-order chi connectivity index (χ0) is 12.5. The summed E-state index contributed by atoms with van der Waals surface area (Å²) in [6.45, 7) is 9.79. The Morgan fingerprint density at radius 3 is 1.59 bits per heavy atom. The summed E-state index contributed by atoms with van der Waals surface area (Å²) in [5.41, 5.74) is 0. The molecule has 0 amide bonds. The summed E-state index contributed by atoms with van der Waals surface area (Å²) in [7, 11) is 4.61. The third-order valence-corrected chi connectivity index (χ3v) is 8.42. The predicted octanol–water partition coefficient (Wildman–Crippen LogP) is -0.417. The summed E-state index contributed by atoms with van der Waals surface area (Å²) >= 11 is 0. The molecule has 6 heteroatoms. The van der Waals surface area contributed by atoms with Crippen molar-refractivity contribution in [2.75, 3.05) is 67.0 Å². The van der Waals surface area contributed by atoms with Crippen LogP contribution in [0.2, 0.25) is 0 Å². The van der Waals surface area contributed by atoms with E-state index in [-0.39, 0.29) is 0 Å². The molecule has 0 aliphatic carbocycles. The van der Waals surface area contributed by atoms with Crippen molar-refractivity contribution in [3.8, 4) is 0 Å². The Morgan fingerprint density at radius 1 is 0.824 bits per heavy atom. The summed E-state index contributed by atoms with van der Waals surface area (Å²) in [6, 6.07) is 0. The van der Waals surface area contributed by atoms with Crippen LogP contribution in [0.1, 0.15) is 6.92 Å². The van der Waals surface area contributed by atoms with Crippen LogP contribution in [0, 0.1) is 0 Å². The Bertz CT molecular complexity index is 230. The third kappa shape index (κ3) is 2.30. The fourth-order valence-electron chi connectivity index (χ4n) is 3.05. The van der Waals surface area contributed by atoms with Crippen LogP contribution in [-0.2, 0) is 4.43 Å². The summed E-state index contributed by atoms with van der Waals surface area (Å²) in [5.74, 6) is 0. The Morgan fingerprint density at radius 2 is 1.24 bits per heavy atom. The topological polar surface area (TPSA) is 22.2 Å². The lowest BCUT2D eigenvalue weighted by molar-refractivity contribution is 0.0828. The van der Waals surface area contributed by atoms with E-state index in [1.807, 2.05) is 0 Å². The first-order valence-corrected chi connectivity index (χ1v) is 8.36. The Labute approximate surface area is 106 Å². The lowest BCUT2D eigenvalue weighted by atomic mass is 10.4. The van der Waals surface area contributed by atoms with Gasteiger partial charge in [0.25, 0.3) is 0 Å². The summed E-state index contributed by atoms with van der Waals surface area (Å²) in [5, 5.41) is 0. The van der Waals surface area contributed by atoms with Gasteiger partial charge in [0.1, 0.15) is 0 Å². The second-order valence-corrected chi connectivity index (χ2v) is 8.84. The van der Waals surface area contributed by atoms with Gasteiger partial charge in [0.2, 0.25) is 0 Å². The van der Waals surface area contributed by atoms with Gasteiger partial charge in [-0.15, -0.1) is 0 Å². The van der Waals surface area contributed by atoms with Gasteiger partial charge in [0, 0.05) is 45.9 Å². The molecule has 0 aromatic rings. The number of hydrogen-bond donors (Lipinski definition) is 0. The van der Waals surface area contributed by atoms with Crippen LogP contribution in [0.5, 0.6) is 0 Å². The van der Waals surface area contributed by atoms with Crippen LogP contribution in [0.25, 0.3) is 0 Å². The van der Waals surface area contributed by atoms with Crippen LogP contribution in [0.4, 0.5) is 0 Å². The molecule has 3 rings (SSSR count). The summed E-state index contributed by atoms with van der Waals surface area (Å²) in [6.07, 6.45) is 0. The molecule has 5 nitrogen and oxygen atoms in total. The lowest BCUT2D eigenvalue weighted by Crippen LogP contribution is -2.78. The molecule has 0 atom stereocenters. The van der Waals surface area contributed by atoms with Crippen LogP contribution in [-0.4, -0.2) is 94.4 Å². The number of fused-ring (bicyclic) bond motifs is 6. The highest BCUT2D eigenvalue weighted by Gasteiger charge is 2.51. The van der Waals surface area contributed by atoms with Gasteiger partial charge in [-0.3, -0.25) is 18.6 Å². The molecule has 0 spiro atoms. The van der Waals surface area contributed by atoms with Gasteiger partial charge in [-0.2, -0.15) is 0 Å². The summed E-state index contributed by atoms with van der Waals surface area (Å²) < 4.78 is 13.7. The van der Waals surface area contributed by atoms with Crippen molar-refractivity contribution in [1.29, 1.82) is 0 Å². The highest BCUT2D eigenvalue weighted by molar-refractivity contribution is 6.65. The van der Waals surface area contributed by atoms with E-state index in [0.717, 1.165) is 26.2 Å². The zero-order valence-electron chi connectivity index (χ0n) is 11.6. The molecule has 3 saturated heterocycles. The molecule has 0 radical (unpaired) electrons. The molecule has 0 aromatic carbocycles. The SMILES string of the molecule is CCO[Si]12N(C)CCN(CCN1C)CCN2C. The fraction of sp³-hybridized carbons (Fsp3) is 1.00. The second kappa shape index (κ2) is 5.34. The van der Waals surface area contributed by atoms with E-state index >= 15 is 0 Å². The minimum Gasteiger partial charge on any atom is -0.380 e. The lowest BCUT2D eigenvalue weighted by Gasteiger charge is -2.53. The largest absolute Gasteiger partial charge is 0.447 e. The van der Waals surface area contributed by atoms with Crippen molar-refractivity contribution in [3.63, 3.8) is 0 Å². The fourth-order valence-corrected chi connectivity index (χ4v) is 7.02. The van der Waals surface area contributed by atoms with Gasteiger partial charge in [0.05, 0.1) is 0 Å². The van der Waals surface area contributed by atoms with Gasteiger partial charge in [-0.1, -0.05) is 0 Å². The minimum atomic E-state index is -2.06. The maximum absolute atomic E-state index is 6.31. The van der Waals surface area contributed by atoms with E-state index in [2.05, 4.69) is 46.7 Å². The first-order valence-electron chi connectivity index (χ1n) is 6.61. The van der Waals surface area contributed by atoms with Gasteiger partial charge in [0.15, 0.2) is 0 Å². The number of hydrogen-bond acceptors (Lipinski definition) is 5. The normalized spacial score (nSPS) is 37.8. The summed E-state index contributed by atoms with van der Waals surface area (Å²) in [4.78, 5) is 2.56. The molecule has 3 heterocycles. The number of rotatable bonds is 2. The van der Waals surface area contributed by atoms with Crippen molar-refractivity contribution >= 4 is 8.80 Å². The van der Waals surface area contributed by atoms with Crippen molar-refractivity contribution in [1.82, 2.24) is 18.6 Å². The van der Waals surface area contributed by atoms with Crippen molar-refractivity contribution in [2.45, 2.75) is 6.92 Å². The molecule has 0 aromatic heterocycles. The highest BCUT2D eigenvalue weighted by atomic mass is 28.4. The van der Waals surface area contributed by atoms with Gasteiger partial charge in [-0.05, 0) is 28.1 Å². The number of likely N-dealkylation sites (N-methyl/N-ethyl adjacent to an activating group) is 3.